The number of hydrogen-bond donors (Lipinski definition) is 0. The maximum Gasteiger partial charge on any atom is 0.534 e. The molecule has 0 amide bonds. The predicted molar refractivity (Wildman–Crippen MR) is 56.6 cm³/mol. The van der Waals surface area contributed by atoms with Gasteiger partial charge in [0.15, 0.2) is 0 Å². The van der Waals surface area contributed by atoms with Crippen molar-refractivity contribution in [2.45, 2.75) is 18.6 Å². The summed E-state index contributed by atoms with van der Waals surface area (Å²) in [6.45, 7) is 0.886. The molecular formula is C7H7F3N3O3PS. The van der Waals surface area contributed by atoms with Gasteiger partial charge in [0, 0.05) is 24.8 Å². The largest absolute Gasteiger partial charge is 0.534 e. The molecule has 0 fully saturated rings. The molecular weight excluding hydrogens is 294 g/mol. The van der Waals surface area contributed by atoms with Gasteiger partial charge in [0.1, 0.15) is 0 Å². The van der Waals surface area contributed by atoms with Crippen LogP contribution in [0.2, 0.25) is 0 Å². The topological polar surface area (TPSA) is 72.4 Å². The van der Waals surface area contributed by atoms with Gasteiger partial charge in [-0.3, -0.25) is 4.67 Å². The molecule has 2 heterocycles. The summed E-state index contributed by atoms with van der Waals surface area (Å²) in [4.78, 5) is 7.07. The van der Waals surface area contributed by atoms with Crippen molar-refractivity contribution in [3.8, 4) is 6.01 Å². The number of hydrogen-bond acceptors (Lipinski definition) is 6. The van der Waals surface area contributed by atoms with Crippen molar-refractivity contribution in [2.75, 3.05) is 0 Å². The first kappa shape index (κ1) is 13.4. The molecule has 0 saturated heterocycles. The Hall–Kier alpha value is -0.990. The van der Waals surface area contributed by atoms with Crippen LogP contribution in [0.25, 0.3) is 0 Å². The monoisotopic (exact) mass is 301 g/mol. The molecule has 11 heteroatoms. The minimum Gasteiger partial charge on any atom is -0.337 e. The van der Waals surface area contributed by atoms with Crippen molar-refractivity contribution >= 4 is 19.5 Å². The van der Waals surface area contributed by atoms with Gasteiger partial charge < -0.3 is 4.18 Å². The maximum absolute atomic E-state index is 12.1. The Labute approximate surface area is 103 Å². The van der Waals surface area contributed by atoms with Gasteiger partial charge in [0.2, 0.25) is 0 Å². The summed E-state index contributed by atoms with van der Waals surface area (Å²) in [7, 11) is -3.33. The highest BCUT2D eigenvalue weighted by Gasteiger charge is 2.49. The Morgan fingerprint density at radius 3 is 2.67 bits per heavy atom. The quantitative estimate of drug-likeness (QED) is 0.457. The van der Waals surface area contributed by atoms with Gasteiger partial charge in [-0.2, -0.15) is 26.6 Å². The van der Waals surface area contributed by atoms with Crippen molar-refractivity contribution < 1.29 is 25.8 Å². The summed E-state index contributed by atoms with van der Waals surface area (Å²) in [6.07, 6.45) is 1.24. The summed E-state index contributed by atoms with van der Waals surface area (Å²) in [5.74, 6) is 0. The van der Waals surface area contributed by atoms with E-state index in [2.05, 4.69) is 23.5 Å². The molecule has 0 spiro atoms. The third-order valence-corrected chi connectivity index (χ3v) is 3.43. The van der Waals surface area contributed by atoms with Gasteiger partial charge in [-0.25, -0.2) is 4.98 Å². The summed E-state index contributed by atoms with van der Waals surface area (Å²) >= 11 is 0. The highest BCUT2D eigenvalue weighted by atomic mass is 32.2. The molecule has 1 aromatic rings. The van der Waals surface area contributed by atoms with E-state index in [1.807, 2.05) is 0 Å². The Kier molecular flexibility index (Phi) is 3.20. The second-order valence-corrected chi connectivity index (χ2v) is 5.78. The molecule has 0 aromatic carbocycles. The fraction of sp³-hybridized carbons (Fsp3) is 0.429. The number of aromatic nitrogens is 2. The number of nitrogens with zero attached hydrogens (tertiary/aromatic N) is 3. The summed E-state index contributed by atoms with van der Waals surface area (Å²) < 4.78 is 63.3. The third-order valence-electron chi connectivity index (χ3n) is 2.13. The smallest absolute Gasteiger partial charge is 0.337 e. The fourth-order valence-electron chi connectivity index (χ4n) is 1.35. The molecule has 0 radical (unpaired) electrons. The zero-order valence-corrected chi connectivity index (χ0v) is 10.6. The van der Waals surface area contributed by atoms with Gasteiger partial charge in [0.25, 0.3) is 0 Å². The Morgan fingerprint density at radius 2 is 2.06 bits per heavy atom. The Bertz CT molecular complexity index is 577. The van der Waals surface area contributed by atoms with Crippen molar-refractivity contribution in [1.29, 1.82) is 0 Å². The van der Waals surface area contributed by atoms with Gasteiger partial charge in [-0.1, -0.05) is 9.39 Å². The van der Waals surface area contributed by atoms with E-state index in [-0.39, 0.29) is 0 Å². The van der Waals surface area contributed by atoms with Crippen LogP contribution >= 0.6 is 9.39 Å². The molecule has 0 saturated carbocycles. The molecule has 6 nitrogen and oxygen atoms in total. The first-order valence-electron chi connectivity index (χ1n) is 4.54. The van der Waals surface area contributed by atoms with E-state index in [0.717, 1.165) is 0 Å². The van der Waals surface area contributed by atoms with Crippen molar-refractivity contribution in [3.05, 3.63) is 17.5 Å². The third kappa shape index (κ3) is 2.55. The van der Waals surface area contributed by atoms with Gasteiger partial charge in [0.05, 0.1) is 5.69 Å². The number of rotatable bonds is 2. The molecule has 1 aliphatic rings. The van der Waals surface area contributed by atoms with Crippen LogP contribution in [0.5, 0.6) is 6.01 Å². The first-order valence-corrected chi connectivity index (χ1v) is 6.47. The SMILES string of the molecule is O=S(=O)(Oc1ncc2c(n1)CN(P)C2)C(F)(F)F. The van der Waals surface area contributed by atoms with Gasteiger partial charge >= 0.3 is 21.6 Å². The van der Waals surface area contributed by atoms with Gasteiger partial charge in [-0.05, 0) is 0 Å². The minimum atomic E-state index is -5.73. The van der Waals surface area contributed by atoms with Crippen LogP contribution in [0.1, 0.15) is 11.3 Å². The van der Waals surface area contributed by atoms with Crippen molar-refractivity contribution in [1.82, 2.24) is 14.6 Å². The lowest BCUT2D eigenvalue weighted by Gasteiger charge is -2.08. The maximum atomic E-state index is 12.1. The number of fused-ring (bicyclic) bond motifs is 1. The average Bonchev–Trinajstić information content (AvgIpc) is 2.54. The van der Waals surface area contributed by atoms with Crippen LogP contribution in [-0.2, 0) is 23.2 Å². The van der Waals surface area contributed by atoms with Crippen LogP contribution in [0, 0.1) is 0 Å². The van der Waals surface area contributed by atoms with Gasteiger partial charge in [-0.15, -0.1) is 0 Å². The normalized spacial score (nSPS) is 16.7. The van der Waals surface area contributed by atoms with Crippen LogP contribution in [-0.4, -0.2) is 28.6 Å². The lowest BCUT2D eigenvalue weighted by molar-refractivity contribution is -0.0502. The van der Waals surface area contributed by atoms with Crippen LogP contribution < -0.4 is 4.18 Å². The standard InChI is InChI=1S/C7H7F3N3O3PS/c8-7(9,10)18(14,15)16-6-11-1-4-2-13(17)3-5(4)12-6/h1H,2-3,17H2. The molecule has 18 heavy (non-hydrogen) atoms. The fourth-order valence-corrected chi connectivity index (χ4v) is 2.09. The highest BCUT2D eigenvalue weighted by molar-refractivity contribution is 7.87. The van der Waals surface area contributed by atoms with Crippen molar-refractivity contribution in [3.63, 3.8) is 0 Å². The molecule has 100 valence electrons. The molecule has 0 bridgehead atoms. The van der Waals surface area contributed by atoms with Crippen LogP contribution in [0.3, 0.4) is 0 Å². The first-order chi connectivity index (χ1) is 8.19. The highest BCUT2D eigenvalue weighted by Crippen LogP contribution is 2.28. The average molecular weight is 301 g/mol. The number of alkyl halides is 3. The zero-order valence-electron chi connectivity index (χ0n) is 8.68. The zero-order chi connectivity index (χ0) is 13.6. The Morgan fingerprint density at radius 1 is 1.39 bits per heavy atom. The second kappa shape index (κ2) is 4.29. The molecule has 2 rings (SSSR count). The summed E-state index contributed by atoms with van der Waals surface area (Å²) in [5, 5.41) is 0. The molecule has 1 aromatic heterocycles. The predicted octanol–water partition coefficient (Wildman–Crippen LogP) is 0.811. The molecule has 0 N–H and O–H groups in total. The summed E-state index contributed by atoms with van der Waals surface area (Å²) in [5.41, 5.74) is -4.35. The Balaban J connectivity index is 2.25. The van der Waals surface area contributed by atoms with E-state index >= 15 is 0 Å². The molecule has 1 atom stereocenters. The van der Waals surface area contributed by atoms with Crippen LogP contribution in [0.15, 0.2) is 6.20 Å². The molecule has 1 unspecified atom stereocenters. The minimum absolute atomic E-state index is 0.366. The van der Waals surface area contributed by atoms with E-state index < -0.39 is 21.6 Å². The van der Waals surface area contributed by atoms with E-state index in [1.165, 1.54) is 6.20 Å². The lowest BCUT2D eigenvalue weighted by Crippen LogP contribution is -2.28. The number of halogens is 3. The van der Waals surface area contributed by atoms with Crippen LogP contribution in [0.4, 0.5) is 13.2 Å². The van der Waals surface area contributed by atoms with Crippen molar-refractivity contribution in [2.24, 2.45) is 0 Å². The van der Waals surface area contributed by atoms with E-state index in [4.69, 9.17) is 0 Å². The summed E-state index contributed by atoms with van der Waals surface area (Å²) in [6, 6.07) is -0.827. The molecule has 0 aliphatic carbocycles. The van der Waals surface area contributed by atoms with E-state index in [9.17, 15) is 21.6 Å². The molecule has 1 aliphatic heterocycles. The lowest BCUT2D eigenvalue weighted by atomic mass is 10.3. The second-order valence-electron chi connectivity index (χ2n) is 3.51. The van der Waals surface area contributed by atoms with E-state index in [1.54, 1.807) is 4.67 Å². The van der Waals surface area contributed by atoms with E-state index in [0.29, 0.717) is 24.3 Å².